The molecular formula is C20H24ClN3O2. The Morgan fingerprint density at radius 3 is 2.69 bits per heavy atom. The Labute approximate surface area is 159 Å². The summed E-state index contributed by atoms with van der Waals surface area (Å²) < 4.78 is 7.02. The zero-order chi connectivity index (χ0) is 18.9. The monoisotopic (exact) mass is 373 g/mol. The van der Waals surface area contributed by atoms with Crippen molar-refractivity contribution in [3.8, 4) is 5.75 Å². The molecule has 0 unspecified atom stereocenters. The lowest BCUT2D eigenvalue weighted by Gasteiger charge is -2.18. The first-order valence-electron chi connectivity index (χ1n) is 8.44. The molecule has 1 N–H and O–H groups in total. The van der Waals surface area contributed by atoms with Crippen molar-refractivity contribution < 1.29 is 4.74 Å². The number of hydrogen-bond donors (Lipinski definition) is 1. The molecule has 0 saturated carbocycles. The lowest BCUT2D eigenvalue weighted by atomic mass is 10.1. The van der Waals surface area contributed by atoms with Gasteiger partial charge in [-0.3, -0.25) is 4.79 Å². The van der Waals surface area contributed by atoms with E-state index in [0.717, 1.165) is 11.3 Å². The number of ether oxygens (including phenoxy) is 1. The molecule has 0 spiro atoms. The molecule has 26 heavy (non-hydrogen) atoms. The molecule has 0 bridgehead atoms. The molecule has 0 radical (unpaired) electrons. The minimum atomic E-state index is -0.404. The topological polar surface area (TPSA) is 56.1 Å². The number of hydrogen-bond acceptors (Lipinski definition) is 4. The summed E-state index contributed by atoms with van der Waals surface area (Å²) in [5, 5.41) is 3.28. The van der Waals surface area contributed by atoms with Crippen molar-refractivity contribution in [2.24, 2.45) is 5.92 Å². The van der Waals surface area contributed by atoms with Gasteiger partial charge in [0.25, 0.3) is 0 Å². The minimum Gasteiger partial charge on any atom is -0.490 e. The predicted octanol–water partition coefficient (Wildman–Crippen LogP) is 4.05. The summed E-state index contributed by atoms with van der Waals surface area (Å²) in [7, 11) is 1.47. The van der Waals surface area contributed by atoms with Crippen LogP contribution in [-0.2, 0) is 6.54 Å². The van der Waals surface area contributed by atoms with Crippen LogP contribution in [0, 0.1) is 5.92 Å². The SMILES string of the molecule is COc1cn(Cc2ccccc2)c(N/C(=C/C=C\CCl)C(C)C)nc1=O. The van der Waals surface area contributed by atoms with Gasteiger partial charge in [0.05, 0.1) is 19.9 Å². The Hall–Kier alpha value is -2.53. The maximum atomic E-state index is 12.1. The van der Waals surface area contributed by atoms with E-state index in [2.05, 4.69) is 24.1 Å². The van der Waals surface area contributed by atoms with Gasteiger partial charge in [-0.05, 0) is 17.6 Å². The summed E-state index contributed by atoms with van der Waals surface area (Å²) in [6.45, 7) is 4.70. The fourth-order valence-corrected chi connectivity index (χ4v) is 2.45. The fraction of sp³-hybridized carbons (Fsp3) is 0.300. The molecule has 1 aromatic heterocycles. The molecule has 0 aliphatic heterocycles. The first kappa shape index (κ1) is 19.8. The van der Waals surface area contributed by atoms with Crippen molar-refractivity contribution in [3.05, 3.63) is 76.4 Å². The van der Waals surface area contributed by atoms with Gasteiger partial charge >= 0.3 is 5.56 Å². The maximum Gasteiger partial charge on any atom is 0.316 e. The summed E-state index contributed by atoms with van der Waals surface area (Å²) in [4.78, 5) is 16.3. The number of nitrogens with zero attached hydrogens (tertiary/aromatic N) is 2. The van der Waals surface area contributed by atoms with Gasteiger partial charge in [0, 0.05) is 11.6 Å². The second kappa shape index (κ2) is 9.82. The van der Waals surface area contributed by atoms with Crippen LogP contribution in [0.4, 0.5) is 5.95 Å². The Morgan fingerprint density at radius 2 is 2.08 bits per heavy atom. The van der Waals surface area contributed by atoms with Crippen LogP contribution >= 0.6 is 11.6 Å². The normalized spacial score (nSPS) is 12.0. The second-order valence-electron chi connectivity index (χ2n) is 6.04. The molecule has 0 atom stereocenters. The zero-order valence-electron chi connectivity index (χ0n) is 15.3. The summed E-state index contributed by atoms with van der Waals surface area (Å²) in [6, 6.07) is 9.97. The molecule has 0 aliphatic carbocycles. The van der Waals surface area contributed by atoms with Crippen molar-refractivity contribution >= 4 is 17.5 Å². The summed E-state index contributed by atoms with van der Waals surface area (Å²) in [6.07, 6.45) is 7.36. The van der Waals surface area contributed by atoms with Crippen LogP contribution in [-0.4, -0.2) is 22.5 Å². The molecule has 138 valence electrons. The molecular weight excluding hydrogens is 350 g/mol. The summed E-state index contributed by atoms with van der Waals surface area (Å²) >= 11 is 5.69. The number of aromatic nitrogens is 2. The van der Waals surface area contributed by atoms with Crippen molar-refractivity contribution in [2.45, 2.75) is 20.4 Å². The van der Waals surface area contributed by atoms with Gasteiger partial charge in [0.15, 0.2) is 0 Å². The molecule has 0 fully saturated rings. The summed E-state index contributed by atoms with van der Waals surface area (Å²) in [5.41, 5.74) is 1.63. The number of rotatable bonds is 8. The molecule has 2 aromatic rings. The van der Waals surface area contributed by atoms with Crippen LogP contribution in [0.1, 0.15) is 19.4 Å². The molecule has 5 nitrogen and oxygen atoms in total. The van der Waals surface area contributed by atoms with E-state index in [9.17, 15) is 4.79 Å². The fourth-order valence-electron chi connectivity index (χ4n) is 2.34. The van der Waals surface area contributed by atoms with E-state index >= 15 is 0 Å². The zero-order valence-corrected chi connectivity index (χ0v) is 16.0. The van der Waals surface area contributed by atoms with E-state index in [1.165, 1.54) is 7.11 Å². The van der Waals surface area contributed by atoms with Gasteiger partial charge in [0.1, 0.15) is 0 Å². The van der Waals surface area contributed by atoms with E-state index in [1.807, 2.05) is 53.1 Å². The highest BCUT2D eigenvalue weighted by Gasteiger charge is 2.12. The largest absolute Gasteiger partial charge is 0.490 e. The van der Waals surface area contributed by atoms with Gasteiger partial charge in [-0.25, -0.2) is 0 Å². The van der Waals surface area contributed by atoms with Crippen LogP contribution in [0.25, 0.3) is 0 Å². The highest BCUT2D eigenvalue weighted by Crippen LogP contribution is 2.17. The van der Waals surface area contributed by atoms with E-state index in [-0.39, 0.29) is 11.7 Å². The third kappa shape index (κ3) is 5.49. The first-order chi connectivity index (χ1) is 12.5. The quantitative estimate of drug-likeness (QED) is 0.560. The standard InChI is InChI=1S/C20H24ClN3O2/c1-15(2)17(11-7-8-12-21)22-20-23-19(25)18(26-3)14-24(20)13-16-9-5-4-6-10-16/h4-11,14-15H,12-13H2,1-3H3,(H,22,23,25)/b8-7-,17-11+. The number of halogens is 1. The second-order valence-corrected chi connectivity index (χ2v) is 6.34. The predicted molar refractivity (Wildman–Crippen MR) is 107 cm³/mol. The van der Waals surface area contributed by atoms with Crippen LogP contribution < -0.4 is 15.6 Å². The van der Waals surface area contributed by atoms with Crippen molar-refractivity contribution in [1.29, 1.82) is 0 Å². The lowest BCUT2D eigenvalue weighted by molar-refractivity contribution is 0.402. The Morgan fingerprint density at radius 1 is 1.35 bits per heavy atom. The number of benzene rings is 1. The van der Waals surface area contributed by atoms with E-state index in [1.54, 1.807) is 6.20 Å². The van der Waals surface area contributed by atoms with Gasteiger partial charge < -0.3 is 14.6 Å². The molecule has 1 aromatic carbocycles. The molecule has 1 heterocycles. The molecule has 0 saturated heterocycles. The van der Waals surface area contributed by atoms with Crippen LogP contribution in [0.5, 0.6) is 5.75 Å². The van der Waals surface area contributed by atoms with Crippen LogP contribution in [0.2, 0.25) is 0 Å². The number of methoxy groups -OCH3 is 1. The van der Waals surface area contributed by atoms with Crippen molar-refractivity contribution in [3.63, 3.8) is 0 Å². The van der Waals surface area contributed by atoms with E-state index in [4.69, 9.17) is 16.3 Å². The van der Waals surface area contributed by atoms with Crippen molar-refractivity contribution in [1.82, 2.24) is 9.55 Å². The molecule has 6 heteroatoms. The minimum absolute atomic E-state index is 0.212. The number of allylic oxidation sites excluding steroid dienone is 4. The molecule has 0 aliphatic rings. The Balaban J connectivity index is 2.42. The third-order valence-electron chi connectivity index (χ3n) is 3.76. The summed E-state index contributed by atoms with van der Waals surface area (Å²) in [5.74, 6) is 1.35. The first-order valence-corrected chi connectivity index (χ1v) is 8.97. The van der Waals surface area contributed by atoms with Gasteiger partial charge in [-0.1, -0.05) is 56.3 Å². The van der Waals surface area contributed by atoms with Gasteiger partial charge in [-0.15, -0.1) is 11.6 Å². The van der Waals surface area contributed by atoms with E-state index in [0.29, 0.717) is 18.4 Å². The van der Waals surface area contributed by atoms with Gasteiger partial charge in [-0.2, -0.15) is 4.98 Å². The number of anilines is 1. The molecule has 2 rings (SSSR count). The third-order valence-corrected chi connectivity index (χ3v) is 3.94. The molecule has 0 amide bonds. The number of alkyl halides is 1. The van der Waals surface area contributed by atoms with Gasteiger partial charge in [0.2, 0.25) is 11.7 Å². The van der Waals surface area contributed by atoms with Crippen LogP contribution in [0.3, 0.4) is 0 Å². The highest BCUT2D eigenvalue weighted by atomic mass is 35.5. The average Bonchev–Trinajstić information content (AvgIpc) is 2.63. The highest BCUT2D eigenvalue weighted by molar-refractivity contribution is 6.18. The maximum absolute atomic E-state index is 12.1. The van der Waals surface area contributed by atoms with Crippen LogP contribution in [0.15, 0.2) is 65.2 Å². The lowest BCUT2D eigenvalue weighted by Crippen LogP contribution is -2.21. The van der Waals surface area contributed by atoms with Crippen molar-refractivity contribution in [2.75, 3.05) is 18.3 Å². The Kier molecular flexibility index (Phi) is 7.48. The smallest absolute Gasteiger partial charge is 0.316 e. The Bertz CT molecular complexity index is 827. The number of nitrogens with one attached hydrogen (secondary N) is 1. The average molecular weight is 374 g/mol. The van der Waals surface area contributed by atoms with E-state index < -0.39 is 5.56 Å².